The maximum Gasteiger partial charge on any atom is 0.319 e. The lowest BCUT2D eigenvalue weighted by molar-refractivity contribution is -0.142. The third-order valence-corrected chi connectivity index (χ3v) is 3.48. The first-order valence-electron chi connectivity index (χ1n) is 5.81. The van der Waals surface area contributed by atoms with Crippen LogP contribution in [0.4, 0.5) is 0 Å². The summed E-state index contributed by atoms with van der Waals surface area (Å²) < 4.78 is 6.64. The smallest absolute Gasteiger partial charge is 0.319 e. The van der Waals surface area contributed by atoms with E-state index in [9.17, 15) is 9.59 Å². The number of aromatic amines is 1. The van der Waals surface area contributed by atoms with Gasteiger partial charge in [0, 0.05) is 11.8 Å². The highest BCUT2D eigenvalue weighted by Crippen LogP contribution is 2.22. The number of nitrogens with one attached hydrogen (secondary N) is 1. The van der Waals surface area contributed by atoms with Crippen LogP contribution in [0.3, 0.4) is 0 Å². The Kier molecular flexibility index (Phi) is 3.89. The van der Waals surface area contributed by atoms with Crippen LogP contribution in [-0.2, 0) is 9.53 Å². The van der Waals surface area contributed by atoms with Gasteiger partial charge < -0.3 is 4.74 Å². The first-order valence-corrected chi connectivity index (χ1v) is 6.69. The Morgan fingerprint density at radius 2 is 2.32 bits per heavy atom. The zero-order valence-corrected chi connectivity index (χ0v) is 11.7. The van der Waals surface area contributed by atoms with E-state index < -0.39 is 5.25 Å². The lowest BCUT2D eigenvalue weighted by atomic mass is 10.4. The molecule has 8 heteroatoms. The lowest BCUT2D eigenvalue weighted by Crippen LogP contribution is -2.17. The van der Waals surface area contributed by atoms with E-state index in [-0.39, 0.29) is 11.5 Å². The van der Waals surface area contributed by atoms with Crippen LogP contribution in [0.25, 0.3) is 5.78 Å². The Morgan fingerprint density at radius 1 is 1.58 bits per heavy atom. The van der Waals surface area contributed by atoms with Gasteiger partial charge in [0.05, 0.1) is 6.61 Å². The van der Waals surface area contributed by atoms with Gasteiger partial charge in [-0.1, -0.05) is 11.8 Å². The minimum Gasteiger partial charge on any atom is -0.465 e. The third-order valence-electron chi connectivity index (χ3n) is 2.46. The molecule has 0 aliphatic rings. The molecule has 0 spiro atoms. The second kappa shape index (κ2) is 5.43. The van der Waals surface area contributed by atoms with Crippen molar-refractivity contribution in [1.82, 2.24) is 19.6 Å². The van der Waals surface area contributed by atoms with Crippen molar-refractivity contribution in [3.8, 4) is 0 Å². The van der Waals surface area contributed by atoms with Crippen molar-refractivity contribution >= 4 is 23.5 Å². The van der Waals surface area contributed by atoms with Gasteiger partial charge in [0.1, 0.15) is 5.25 Å². The van der Waals surface area contributed by atoms with Crippen molar-refractivity contribution in [2.24, 2.45) is 0 Å². The van der Waals surface area contributed by atoms with Gasteiger partial charge in [0.15, 0.2) is 5.16 Å². The number of hydrogen-bond acceptors (Lipinski definition) is 6. The number of aromatic nitrogens is 4. The summed E-state index contributed by atoms with van der Waals surface area (Å²) >= 11 is 1.24. The molecule has 0 saturated heterocycles. The molecule has 0 aromatic carbocycles. The monoisotopic (exact) mass is 282 g/mol. The molecular formula is C11H14N4O3S. The first kappa shape index (κ1) is 13.6. The summed E-state index contributed by atoms with van der Waals surface area (Å²) in [5.41, 5.74) is 0.481. The average Bonchev–Trinajstić information content (AvgIpc) is 2.72. The van der Waals surface area contributed by atoms with E-state index >= 15 is 0 Å². The van der Waals surface area contributed by atoms with Gasteiger partial charge in [0.2, 0.25) is 5.78 Å². The number of fused-ring (bicyclic) bond motifs is 1. The van der Waals surface area contributed by atoms with E-state index in [1.165, 1.54) is 17.8 Å². The molecule has 0 aliphatic carbocycles. The van der Waals surface area contributed by atoms with Crippen molar-refractivity contribution in [3.63, 3.8) is 0 Å². The largest absolute Gasteiger partial charge is 0.465 e. The van der Waals surface area contributed by atoms with E-state index in [1.54, 1.807) is 25.2 Å². The number of rotatable bonds is 4. The maximum absolute atomic E-state index is 11.6. The van der Waals surface area contributed by atoms with Gasteiger partial charge >= 0.3 is 5.97 Å². The van der Waals surface area contributed by atoms with E-state index in [2.05, 4.69) is 15.2 Å². The highest BCUT2D eigenvalue weighted by atomic mass is 32.2. The predicted octanol–water partition coefficient (Wildman–Crippen LogP) is 0.770. The number of H-pyrrole nitrogens is 1. The molecule has 2 aromatic heterocycles. The van der Waals surface area contributed by atoms with E-state index in [1.807, 2.05) is 0 Å². The van der Waals surface area contributed by atoms with Crippen LogP contribution in [0.1, 0.15) is 19.5 Å². The van der Waals surface area contributed by atoms with E-state index in [0.29, 0.717) is 23.2 Å². The van der Waals surface area contributed by atoms with Crippen molar-refractivity contribution in [2.45, 2.75) is 31.2 Å². The van der Waals surface area contributed by atoms with Crippen molar-refractivity contribution < 1.29 is 9.53 Å². The average molecular weight is 282 g/mol. The van der Waals surface area contributed by atoms with Crippen LogP contribution in [-0.4, -0.2) is 37.4 Å². The van der Waals surface area contributed by atoms with Crippen LogP contribution in [0.2, 0.25) is 0 Å². The second-order valence-electron chi connectivity index (χ2n) is 3.93. The fourth-order valence-corrected chi connectivity index (χ4v) is 2.52. The predicted molar refractivity (Wildman–Crippen MR) is 70.3 cm³/mol. The highest BCUT2D eigenvalue weighted by molar-refractivity contribution is 8.00. The molecule has 0 aliphatic heterocycles. The number of carbonyl (C=O) groups excluding carboxylic acids is 1. The summed E-state index contributed by atoms with van der Waals surface area (Å²) in [6.45, 7) is 5.63. The number of thioether (sulfide) groups is 1. The Morgan fingerprint density at radius 3 is 3.00 bits per heavy atom. The molecule has 1 unspecified atom stereocenters. The van der Waals surface area contributed by atoms with Gasteiger partial charge in [-0.2, -0.15) is 0 Å². The summed E-state index contributed by atoms with van der Waals surface area (Å²) in [5, 5.41) is 8.02. The zero-order valence-electron chi connectivity index (χ0n) is 10.8. The second-order valence-corrected chi connectivity index (χ2v) is 5.24. The van der Waals surface area contributed by atoms with E-state index in [0.717, 1.165) is 0 Å². The lowest BCUT2D eigenvalue weighted by Gasteiger charge is -2.09. The molecule has 1 atom stereocenters. The number of nitrogens with zero attached hydrogens (tertiary/aromatic N) is 3. The molecule has 2 aromatic rings. The first-order chi connectivity index (χ1) is 9.02. The van der Waals surface area contributed by atoms with Crippen molar-refractivity contribution in [2.75, 3.05) is 6.61 Å². The fraction of sp³-hybridized carbons (Fsp3) is 0.455. The van der Waals surface area contributed by atoms with Crippen LogP contribution < -0.4 is 5.56 Å². The molecule has 0 amide bonds. The number of ether oxygens (including phenoxy) is 1. The van der Waals surface area contributed by atoms with Crippen LogP contribution in [0, 0.1) is 6.92 Å². The number of carbonyl (C=O) groups is 1. The summed E-state index contributed by atoms with van der Waals surface area (Å²) in [6, 6.07) is 1.45. The quantitative estimate of drug-likeness (QED) is 0.658. The summed E-state index contributed by atoms with van der Waals surface area (Å²) in [5.74, 6) is 0.0647. The number of aryl methyl sites for hydroxylation is 1. The molecule has 7 nitrogen and oxygen atoms in total. The number of esters is 1. The minimum atomic E-state index is -0.390. The molecular weight excluding hydrogens is 268 g/mol. The van der Waals surface area contributed by atoms with Crippen LogP contribution in [0.15, 0.2) is 16.0 Å². The molecule has 0 bridgehead atoms. The Hall–Kier alpha value is -1.83. The van der Waals surface area contributed by atoms with E-state index in [4.69, 9.17) is 4.74 Å². The SMILES string of the molecule is CCOC(=O)C(C)Sc1nnc2[nH]c(=O)cc(C)n12. The third kappa shape index (κ3) is 2.78. The molecule has 0 saturated carbocycles. The van der Waals surface area contributed by atoms with Gasteiger partial charge in [-0.25, -0.2) is 0 Å². The topological polar surface area (TPSA) is 89.3 Å². The standard InChI is InChI=1S/C11H14N4O3S/c1-4-18-9(17)7(3)19-11-14-13-10-12-8(16)5-6(2)15(10)11/h5,7H,4H2,1-3H3,(H,12,13,16). The Labute approximate surface area is 113 Å². The Balaban J connectivity index is 2.31. The fourth-order valence-electron chi connectivity index (χ4n) is 1.61. The molecule has 1 N–H and O–H groups in total. The van der Waals surface area contributed by atoms with Crippen molar-refractivity contribution in [3.05, 3.63) is 22.1 Å². The zero-order chi connectivity index (χ0) is 14.0. The van der Waals surface area contributed by atoms with Gasteiger partial charge in [-0.3, -0.25) is 19.0 Å². The molecule has 19 heavy (non-hydrogen) atoms. The maximum atomic E-state index is 11.6. The van der Waals surface area contributed by atoms with Gasteiger partial charge in [-0.15, -0.1) is 10.2 Å². The molecule has 102 valence electrons. The highest BCUT2D eigenvalue weighted by Gasteiger charge is 2.19. The molecule has 0 radical (unpaired) electrons. The summed E-state index contributed by atoms with van der Waals surface area (Å²) in [4.78, 5) is 25.5. The van der Waals surface area contributed by atoms with Crippen molar-refractivity contribution in [1.29, 1.82) is 0 Å². The summed E-state index contributed by atoms with van der Waals surface area (Å²) in [6.07, 6.45) is 0. The Bertz CT molecular complexity index is 663. The molecule has 2 rings (SSSR count). The molecule has 0 fully saturated rings. The van der Waals surface area contributed by atoms with Crippen LogP contribution >= 0.6 is 11.8 Å². The minimum absolute atomic E-state index is 0.229. The summed E-state index contributed by atoms with van der Waals surface area (Å²) in [7, 11) is 0. The van der Waals surface area contributed by atoms with Gasteiger partial charge in [-0.05, 0) is 20.8 Å². The van der Waals surface area contributed by atoms with Crippen LogP contribution in [0.5, 0.6) is 0 Å². The van der Waals surface area contributed by atoms with Gasteiger partial charge in [0.25, 0.3) is 5.56 Å². The molecule has 2 heterocycles. The number of hydrogen-bond donors (Lipinski definition) is 1. The normalized spacial score (nSPS) is 12.6.